The fourth-order valence-corrected chi connectivity index (χ4v) is 1.48. The van der Waals surface area contributed by atoms with Gasteiger partial charge in [-0.15, -0.1) is 0 Å². The zero-order valence-electron chi connectivity index (χ0n) is 10.7. The van der Waals surface area contributed by atoms with Crippen molar-refractivity contribution >= 4 is 11.9 Å². The van der Waals surface area contributed by atoms with E-state index in [1.807, 2.05) is 13.8 Å². The van der Waals surface area contributed by atoms with Crippen LogP contribution in [0, 0.1) is 0 Å². The van der Waals surface area contributed by atoms with E-state index in [9.17, 15) is 9.59 Å². The van der Waals surface area contributed by atoms with Crippen molar-refractivity contribution < 1.29 is 14.3 Å². The van der Waals surface area contributed by atoms with Crippen LogP contribution in [0.15, 0.2) is 0 Å². The van der Waals surface area contributed by atoms with Crippen LogP contribution in [0.25, 0.3) is 0 Å². The van der Waals surface area contributed by atoms with E-state index in [0.717, 1.165) is 0 Å². The Bertz CT molecular complexity index is 241. The largest absolute Gasteiger partial charge is 0.465 e. The molecule has 0 saturated carbocycles. The molecule has 0 aromatic rings. The number of hydrogen-bond acceptors (Lipinski definition) is 4. The first-order chi connectivity index (χ1) is 7.43. The van der Waals surface area contributed by atoms with Crippen molar-refractivity contribution in [1.29, 1.82) is 0 Å². The number of carbonyl (C=O) groups excluding carboxylic acids is 2. The maximum Gasteiger partial charge on any atom is 0.320 e. The van der Waals surface area contributed by atoms with Gasteiger partial charge >= 0.3 is 5.97 Å². The van der Waals surface area contributed by atoms with Crippen molar-refractivity contribution in [3.05, 3.63) is 0 Å². The first-order valence-corrected chi connectivity index (χ1v) is 5.57. The second-order valence-corrected chi connectivity index (χ2v) is 3.86. The van der Waals surface area contributed by atoms with Crippen LogP contribution in [0.1, 0.15) is 27.7 Å². The number of esters is 1. The molecule has 94 valence electrons. The summed E-state index contributed by atoms with van der Waals surface area (Å²) in [5.74, 6) is -0.398. The highest BCUT2D eigenvalue weighted by Gasteiger charge is 2.25. The number of hydrogen-bond donors (Lipinski definition) is 1. The van der Waals surface area contributed by atoms with Crippen molar-refractivity contribution in [3.63, 3.8) is 0 Å². The van der Waals surface area contributed by atoms with Gasteiger partial charge in [-0.25, -0.2) is 0 Å². The van der Waals surface area contributed by atoms with E-state index in [1.54, 1.807) is 25.8 Å². The smallest absolute Gasteiger partial charge is 0.320 e. The molecule has 5 heteroatoms. The topological polar surface area (TPSA) is 58.6 Å². The van der Waals surface area contributed by atoms with Gasteiger partial charge in [0.05, 0.1) is 19.2 Å². The molecular formula is C11H22N2O3. The maximum absolute atomic E-state index is 11.5. The average molecular weight is 230 g/mol. The molecule has 0 aromatic heterocycles. The molecule has 0 aliphatic heterocycles. The van der Waals surface area contributed by atoms with E-state index in [-0.39, 0.29) is 30.5 Å². The lowest BCUT2D eigenvalue weighted by atomic mass is 10.2. The number of likely N-dealkylation sites (N-methyl/N-ethyl adjacent to an activating group) is 1. The first kappa shape index (κ1) is 14.9. The van der Waals surface area contributed by atoms with Gasteiger partial charge in [-0.05, 0) is 27.7 Å². The third-order valence-corrected chi connectivity index (χ3v) is 2.40. The highest BCUT2D eigenvalue weighted by Crippen LogP contribution is 2.05. The van der Waals surface area contributed by atoms with E-state index in [2.05, 4.69) is 5.32 Å². The van der Waals surface area contributed by atoms with Crippen molar-refractivity contribution in [3.8, 4) is 0 Å². The van der Waals surface area contributed by atoms with Crippen molar-refractivity contribution in [2.75, 3.05) is 20.2 Å². The minimum atomic E-state index is -0.339. The Hall–Kier alpha value is -1.10. The third-order valence-electron chi connectivity index (χ3n) is 2.40. The van der Waals surface area contributed by atoms with E-state index in [0.29, 0.717) is 6.61 Å². The molecule has 0 spiro atoms. The highest BCUT2D eigenvalue weighted by atomic mass is 16.5. The highest BCUT2D eigenvalue weighted by molar-refractivity contribution is 5.82. The molecule has 1 amide bonds. The van der Waals surface area contributed by atoms with E-state index in [4.69, 9.17) is 4.74 Å². The molecule has 0 bridgehead atoms. The lowest BCUT2D eigenvalue weighted by Crippen LogP contribution is -2.49. The standard InChI is InChI=1S/C11H22N2O3/c1-6-16-10(14)7-13(8(2)3)9(4)11(15)12-5/h8-9H,6-7H2,1-5H3,(H,12,15). The number of rotatable bonds is 6. The Kier molecular flexibility index (Phi) is 6.72. The van der Waals surface area contributed by atoms with Crippen molar-refractivity contribution in [2.24, 2.45) is 0 Å². The van der Waals surface area contributed by atoms with Crippen molar-refractivity contribution in [2.45, 2.75) is 39.8 Å². The van der Waals surface area contributed by atoms with Gasteiger partial charge in [-0.2, -0.15) is 0 Å². The molecule has 0 radical (unpaired) electrons. The molecule has 0 heterocycles. The van der Waals surface area contributed by atoms with Crippen LogP contribution < -0.4 is 5.32 Å². The summed E-state index contributed by atoms with van der Waals surface area (Å²) in [6, 6.07) is -0.230. The second kappa shape index (κ2) is 7.22. The summed E-state index contributed by atoms with van der Waals surface area (Å²) >= 11 is 0. The Balaban J connectivity index is 4.49. The van der Waals surface area contributed by atoms with Crippen LogP contribution in [-0.4, -0.2) is 49.1 Å². The minimum absolute atomic E-state index is 0.0991. The molecule has 1 unspecified atom stereocenters. The number of nitrogens with zero attached hydrogens (tertiary/aromatic N) is 1. The van der Waals surface area contributed by atoms with Gasteiger partial charge in [0.2, 0.25) is 5.91 Å². The fraction of sp³-hybridized carbons (Fsp3) is 0.818. The molecule has 0 aromatic carbocycles. The quantitative estimate of drug-likeness (QED) is 0.671. The summed E-state index contributed by atoms with van der Waals surface area (Å²) in [4.78, 5) is 24.7. The van der Waals surface area contributed by atoms with Crippen LogP contribution in [0.3, 0.4) is 0 Å². The van der Waals surface area contributed by atoms with Gasteiger partial charge in [0, 0.05) is 13.1 Å². The summed E-state index contributed by atoms with van der Waals surface area (Å²) in [5, 5.41) is 2.57. The minimum Gasteiger partial charge on any atom is -0.465 e. The Morgan fingerprint density at radius 2 is 1.88 bits per heavy atom. The van der Waals surface area contributed by atoms with Crippen molar-refractivity contribution in [1.82, 2.24) is 10.2 Å². The molecule has 1 atom stereocenters. The molecule has 0 fully saturated rings. The Morgan fingerprint density at radius 3 is 2.25 bits per heavy atom. The molecule has 16 heavy (non-hydrogen) atoms. The average Bonchev–Trinajstić information content (AvgIpc) is 2.23. The molecule has 5 nitrogen and oxygen atoms in total. The number of amides is 1. The Morgan fingerprint density at radius 1 is 1.31 bits per heavy atom. The second-order valence-electron chi connectivity index (χ2n) is 3.86. The lowest BCUT2D eigenvalue weighted by Gasteiger charge is -2.30. The monoisotopic (exact) mass is 230 g/mol. The van der Waals surface area contributed by atoms with Gasteiger partial charge in [0.25, 0.3) is 0 Å². The molecule has 0 rings (SSSR count). The zero-order valence-corrected chi connectivity index (χ0v) is 10.7. The van der Waals surface area contributed by atoms with Gasteiger partial charge in [-0.3, -0.25) is 14.5 Å². The van der Waals surface area contributed by atoms with E-state index >= 15 is 0 Å². The van der Waals surface area contributed by atoms with Gasteiger partial charge in [0.15, 0.2) is 0 Å². The van der Waals surface area contributed by atoms with E-state index < -0.39 is 0 Å². The van der Waals surface area contributed by atoms with Crippen LogP contribution in [-0.2, 0) is 14.3 Å². The van der Waals surface area contributed by atoms with Gasteiger partial charge < -0.3 is 10.1 Å². The van der Waals surface area contributed by atoms with Gasteiger partial charge in [-0.1, -0.05) is 0 Å². The number of carbonyl (C=O) groups is 2. The number of ether oxygens (including phenoxy) is 1. The number of nitrogens with one attached hydrogen (secondary N) is 1. The normalized spacial score (nSPS) is 12.7. The van der Waals surface area contributed by atoms with Gasteiger partial charge in [0.1, 0.15) is 0 Å². The molecule has 0 aliphatic carbocycles. The third kappa shape index (κ3) is 4.61. The molecule has 0 aliphatic rings. The van der Waals surface area contributed by atoms with Crippen LogP contribution in [0.4, 0.5) is 0 Å². The lowest BCUT2D eigenvalue weighted by molar-refractivity contribution is -0.146. The zero-order chi connectivity index (χ0) is 12.7. The summed E-state index contributed by atoms with van der Waals surface area (Å²) in [5.41, 5.74) is 0. The molecular weight excluding hydrogens is 208 g/mol. The predicted octanol–water partition coefficient (Wildman–Crippen LogP) is 0.394. The van der Waals surface area contributed by atoms with Crippen LogP contribution in [0.5, 0.6) is 0 Å². The maximum atomic E-state index is 11.5. The summed E-state index contributed by atoms with van der Waals surface area (Å²) in [6.07, 6.45) is 0. The van der Waals surface area contributed by atoms with Crippen LogP contribution >= 0.6 is 0 Å². The summed E-state index contributed by atoms with van der Waals surface area (Å²) in [6.45, 7) is 7.93. The Labute approximate surface area is 97.1 Å². The van der Waals surface area contributed by atoms with Crippen LogP contribution in [0.2, 0.25) is 0 Å². The first-order valence-electron chi connectivity index (χ1n) is 5.57. The SMILES string of the molecule is CCOC(=O)CN(C(C)C)C(C)C(=O)NC. The molecule has 1 N–H and O–H groups in total. The predicted molar refractivity (Wildman–Crippen MR) is 62.0 cm³/mol. The fourth-order valence-electron chi connectivity index (χ4n) is 1.48. The molecule has 0 saturated heterocycles. The summed E-state index contributed by atoms with van der Waals surface area (Å²) < 4.78 is 4.87. The van der Waals surface area contributed by atoms with E-state index in [1.165, 1.54) is 0 Å². The summed E-state index contributed by atoms with van der Waals surface area (Å²) in [7, 11) is 1.59.